The lowest BCUT2D eigenvalue weighted by atomic mass is 10.3. The average Bonchev–Trinajstić information content (AvgIpc) is 2.85. The van der Waals surface area contributed by atoms with Crippen molar-refractivity contribution in [3.63, 3.8) is 0 Å². The maximum atomic E-state index is 11.9. The molecular weight excluding hydrogens is 277 g/mol. The van der Waals surface area contributed by atoms with Crippen LogP contribution in [0.25, 0.3) is 0 Å². The van der Waals surface area contributed by atoms with Crippen molar-refractivity contribution < 1.29 is 4.79 Å². The normalized spacial score (nSPS) is 12.2. The molecule has 0 spiro atoms. The van der Waals surface area contributed by atoms with E-state index in [-0.39, 0.29) is 21.9 Å². The minimum atomic E-state index is -0.425. The molecule has 6 nitrogen and oxygen atoms in total. The molecule has 0 aliphatic carbocycles. The van der Waals surface area contributed by atoms with Crippen LogP contribution in [0.2, 0.25) is 10.2 Å². The van der Waals surface area contributed by atoms with E-state index >= 15 is 0 Å². The number of pyridine rings is 1. The smallest absolute Gasteiger partial charge is 0.272 e. The molecule has 2 aromatic heterocycles. The van der Waals surface area contributed by atoms with E-state index in [0.717, 1.165) is 0 Å². The van der Waals surface area contributed by atoms with Crippen LogP contribution in [0.15, 0.2) is 18.5 Å². The summed E-state index contributed by atoms with van der Waals surface area (Å²) in [6.07, 6.45) is 1.36. The van der Waals surface area contributed by atoms with Crippen molar-refractivity contribution in [2.75, 3.05) is 0 Å². The van der Waals surface area contributed by atoms with Gasteiger partial charge < -0.3 is 5.32 Å². The molecule has 0 aromatic carbocycles. The zero-order chi connectivity index (χ0) is 13.1. The molecule has 2 rings (SSSR count). The zero-order valence-electron chi connectivity index (χ0n) is 9.32. The number of carbonyl (C=O) groups is 1. The van der Waals surface area contributed by atoms with E-state index in [9.17, 15) is 4.79 Å². The number of hydrogen-bond donors (Lipinski definition) is 2. The molecule has 0 saturated carbocycles. The first-order chi connectivity index (χ1) is 8.58. The molecule has 94 valence electrons. The minimum Gasteiger partial charge on any atom is -0.341 e. The van der Waals surface area contributed by atoms with E-state index in [1.165, 1.54) is 18.5 Å². The molecular formula is C10H9Cl2N5O. The quantitative estimate of drug-likeness (QED) is 0.845. The number of nitrogens with zero attached hydrogens (tertiary/aromatic N) is 3. The molecule has 0 saturated heterocycles. The van der Waals surface area contributed by atoms with Gasteiger partial charge in [-0.05, 0) is 19.1 Å². The van der Waals surface area contributed by atoms with Crippen molar-refractivity contribution in [2.24, 2.45) is 0 Å². The number of nitrogens with one attached hydrogen (secondary N) is 2. The summed E-state index contributed by atoms with van der Waals surface area (Å²) in [6, 6.07) is 2.70. The van der Waals surface area contributed by atoms with Crippen LogP contribution in [0, 0.1) is 0 Å². The fraction of sp³-hybridized carbons (Fsp3) is 0.200. The number of rotatable bonds is 3. The Morgan fingerprint density at radius 3 is 2.89 bits per heavy atom. The summed E-state index contributed by atoms with van der Waals surface area (Å²) < 4.78 is 0. The SMILES string of the molecule is CC(NC(=O)c1nc(Cl)ccc1Cl)c1ncn[nH]1. The van der Waals surface area contributed by atoms with Crippen molar-refractivity contribution >= 4 is 29.1 Å². The van der Waals surface area contributed by atoms with Gasteiger partial charge in [-0.15, -0.1) is 0 Å². The first-order valence-corrected chi connectivity index (χ1v) is 5.81. The number of H-pyrrole nitrogens is 1. The summed E-state index contributed by atoms with van der Waals surface area (Å²) in [5.41, 5.74) is 0.0792. The third-order valence-corrected chi connectivity index (χ3v) is 2.73. The molecule has 1 amide bonds. The van der Waals surface area contributed by atoms with Gasteiger partial charge in [-0.3, -0.25) is 9.89 Å². The van der Waals surface area contributed by atoms with E-state index in [1.54, 1.807) is 6.92 Å². The van der Waals surface area contributed by atoms with Gasteiger partial charge in [-0.1, -0.05) is 23.2 Å². The van der Waals surface area contributed by atoms with E-state index in [2.05, 4.69) is 25.5 Å². The Kier molecular flexibility index (Phi) is 3.78. The molecule has 1 unspecified atom stereocenters. The Hall–Kier alpha value is -1.66. The van der Waals surface area contributed by atoms with Gasteiger partial charge in [0.1, 0.15) is 23.0 Å². The van der Waals surface area contributed by atoms with Gasteiger partial charge in [-0.2, -0.15) is 5.10 Å². The summed E-state index contributed by atoms with van der Waals surface area (Å²) in [5.74, 6) is 0.118. The monoisotopic (exact) mass is 285 g/mol. The number of amides is 1. The van der Waals surface area contributed by atoms with E-state index in [4.69, 9.17) is 23.2 Å². The van der Waals surface area contributed by atoms with E-state index < -0.39 is 5.91 Å². The molecule has 18 heavy (non-hydrogen) atoms. The third kappa shape index (κ3) is 2.77. The summed E-state index contributed by atoms with van der Waals surface area (Å²) in [4.78, 5) is 19.8. The summed E-state index contributed by atoms with van der Waals surface area (Å²) >= 11 is 11.6. The first-order valence-electron chi connectivity index (χ1n) is 5.06. The molecule has 0 aliphatic heterocycles. The summed E-state index contributed by atoms with van der Waals surface area (Å²) in [6.45, 7) is 1.76. The standard InChI is InChI=1S/C10H9Cl2N5O/c1-5(9-13-4-14-17-9)15-10(18)8-6(11)2-3-7(12)16-8/h2-5H,1H3,(H,15,18)(H,13,14,17). The lowest BCUT2D eigenvalue weighted by Gasteiger charge is -2.11. The number of carbonyl (C=O) groups excluding carboxylic acids is 1. The highest BCUT2D eigenvalue weighted by Gasteiger charge is 2.17. The third-order valence-electron chi connectivity index (χ3n) is 2.22. The number of aromatic amines is 1. The average molecular weight is 286 g/mol. The summed E-state index contributed by atoms with van der Waals surface area (Å²) in [5, 5.41) is 9.50. The second-order valence-corrected chi connectivity index (χ2v) is 4.32. The molecule has 0 fully saturated rings. The molecule has 1 atom stereocenters. The first kappa shape index (κ1) is 12.8. The van der Waals surface area contributed by atoms with Crippen molar-refractivity contribution in [3.8, 4) is 0 Å². The Labute approximate surface area is 113 Å². The van der Waals surface area contributed by atoms with Gasteiger partial charge in [0.15, 0.2) is 0 Å². The van der Waals surface area contributed by atoms with Gasteiger partial charge in [0.25, 0.3) is 5.91 Å². The molecule has 0 bridgehead atoms. The maximum Gasteiger partial charge on any atom is 0.272 e. The van der Waals surface area contributed by atoms with Crippen molar-refractivity contribution in [1.29, 1.82) is 0 Å². The Morgan fingerprint density at radius 2 is 2.22 bits per heavy atom. The fourth-order valence-electron chi connectivity index (χ4n) is 1.33. The van der Waals surface area contributed by atoms with Crippen molar-refractivity contribution in [1.82, 2.24) is 25.5 Å². The number of halogens is 2. The van der Waals surface area contributed by atoms with Gasteiger partial charge >= 0.3 is 0 Å². The molecule has 0 aliphatic rings. The van der Waals surface area contributed by atoms with Crippen LogP contribution in [0.5, 0.6) is 0 Å². The van der Waals surface area contributed by atoms with Crippen LogP contribution in [0.3, 0.4) is 0 Å². The highest BCUT2D eigenvalue weighted by molar-refractivity contribution is 6.34. The second kappa shape index (κ2) is 5.32. The highest BCUT2D eigenvalue weighted by Crippen LogP contribution is 2.17. The maximum absolute atomic E-state index is 11.9. The van der Waals surface area contributed by atoms with Gasteiger partial charge in [0, 0.05) is 0 Å². The lowest BCUT2D eigenvalue weighted by Crippen LogP contribution is -2.28. The predicted molar refractivity (Wildman–Crippen MR) is 66.5 cm³/mol. The van der Waals surface area contributed by atoms with Crippen molar-refractivity contribution in [3.05, 3.63) is 40.2 Å². The predicted octanol–water partition coefficient (Wildman–Crippen LogP) is 2.00. The Balaban J connectivity index is 2.15. The van der Waals surface area contributed by atoms with Crippen LogP contribution in [-0.4, -0.2) is 26.1 Å². The summed E-state index contributed by atoms with van der Waals surface area (Å²) in [7, 11) is 0. The van der Waals surface area contributed by atoms with E-state index in [1.807, 2.05) is 0 Å². The van der Waals surface area contributed by atoms with Gasteiger partial charge in [0.05, 0.1) is 11.1 Å². The molecule has 2 N–H and O–H groups in total. The molecule has 2 heterocycles. The molecule has 0 radical (unpaired) electrons. The molecule has 2 aromatic rings. The largest absolute Gasteiger partial charge is 0.341 e. The van der Waals surface area contributed by atoms with E-state index in [0.29, 0.717) is 5.82 Å². The van der Waals surface area contributed by atoms with Crippen molar-refractivity contribution in [2.45, 2.75) is 13.0 Å². The second-order valence-electron chi connectivity index (χ2n) is 3.53. The zero-order valence-corrected chi connectivity index (χ0v) is 10.8. The highest BCUT2D eigenvalue weighted by atomic mass is 35.5. The molecule has 8 heteroatoms. The Bertz CT molecular complexity index is 557. The van der Waals surface area contributed by atoms with Crippen LogP contribution in [0.1, 0.15) is 29.3 Å². The minimum absolute atomic E-state index is 0.0792. The number of aromatic nitrogens is 4. The van der Waals surface area contributed by atoms with Gasteiger partial charge in [0.2, 0.25) is 0 Å². The van der Waals surface area contributed by atoms with Crippen LogP contribution in [-0.2, 0) is 0 Å². The van der Waals surface area contributed by atoms with Gasteiger partial charge in [-0.25, -0.2) is 9.97 Å². The fourth-order valence-corrected chi connectivity index (χ4v) is 1.67. The van der Waals surface area contributed by atoms with Crippen LogP contribution < -0.4 is 5.32 Å². The Morgan fingerprint density at radius 1 is 1.44 bits per heavy atom. The number of hydrogen-bond acceptors (Lipinski definition) is 4. The van der Waals surface area contributed by atoms with Crippen LogP contribution >= 0.6 is 23.2 Å². The lowest BCUT2D eigenvalue weighted by molar-refractivity contribution is 0.0933. The topological polar surface area (TPSA) is 83.6 Å². The van der Waals surface area contributed by atoms with Crippen LogP contribution in [0.4, 0.5) is 0 Å².